The number of rotatable bonds is 3. The Balaban J connectivity index is 2.74. The van der Waals surface area contributed by atoms with E-state index in [1.54, 1.807) is 6.08 Å². The number of nitrogens with one attached hydrogen (secondary N) is 1. The first-order chi connectivity index (χ1) is 6.56. The molecule has 5 nitrogen and oxygen atoms in total. The van der Waals surface area contributed by atoms with Gasteiger partial charge in [0.15, 0.2) is 0 Å². The third kappa shape index (κ3) is 1.99. The molecule has 1 saturated heterocycles. The Kier molecular flexibility index (Phi) is 3.01. The van der Waals surface area contributed by atoms with Gasteiger partial charge in [0.2, 0.25) is 5.91 Å². The maximum Gasteiger partial charge on any atom is 0.324 e. The molecule has 0 aliphatic carbocycles. The number of nitrogens with zero attached hydrogens (tertiary/aromatic N) is 1. The molecule has 14 heavy (non-hydrogen) atoms. The zero-order valence-corrected chi connectivity index (χ0v) is 7.95. The van der Waals surface area contributed by atoms with Crippen molar-refractivity contribution >= 4 is 17.7 Å². The van der Waals surface area contributed by atoms with Gasteiger partial charge >= 0.3 is 6.03 Å². The number of Topliss-reactive ketones (excluding diaryl/α,β-unsaturated/α-hetero) is 1. The first-order valence-corrected chi connectivity index (χ1v) is 4.27. The third-order valence-electron chi connectivity index (χ3n) is 2.08. The van der Waals surface area contributed by atoms with Gasteiger partial charge in [-0.1, -0.05) is 6.08 Å². The summed E-state index contributed by atoms with van der Waals surface area (Å²) in [5.41, 5.74) is 0. The Bertz CT molecular complexity index is 298. The summed E-state index contributed by atoms with van der Waals surface area (Å²) in [6.07, 6.45) is 1.55. The maximum atomic E-state index is 11.2. The number of amides is 3. The van der Waals surface area contributed by atoms with Gasteiger partial charge in [0, 0.05) is 13.1 Å². The van der Waals surface area contributed by atoms with Crippen molar-refractivity contribution < 1.29 is 14.4 Å². The molecule has 1 aliphatic rings. The molecule has 1 rings (SSSR count). The molecule has 0 radical (unpaired) electrons. The first kappa shape index (κ1) is 10.4. The molecular weight excluding hydrogens is 184 g/mol. The number of imide groups is 1. The van der Waals surface area contributed by atoms with Crippen LogP contribution in [0.2, 0.25) is 0 Å². The predicted molar refractivity (Wildman–Crippen MR) is 49.5 cm³/mol. The molecule has 0 saturated carbocycles. The monoisotopic (exact) mass is 196 g/mol. The lowest BCUT2D eigenvalue weighted by Gasteiger charge is -2.29. The molecule has 1 heterocycles. The minimum atomic E-state index is -0.743. The summed E-state index contributed by atoms with van der Waals surface area (Å²) in [5.74, 6) is -1.49. The van der Waals surface area contributed by atoms with Crippen molar-refractivity contribution in [1.29, 1.82) is 0 Å². The largest absolute Gasteiger partial charge is 0.324 e. The number of carbonyl (C=O) groups is 3. The van der Waals surface area contributed by atoms with Crippen LogP contribution >= 0.6 is 0 Å². The molecule has 1 unspecified atom stereocenters. The number of urea groups is 1. The van der Waals surface area contributed by atoms with E-state index >= 15 is 0 Å². The number of hydrogen-bond acceptors (Lipinski definition) is 3. The Labute approximate surface area is 81.8 Å². The number of carbonyl (C=O) groups excluding carboxylic acids is 3. The van der Waals surface area contributed by atoms with Crippen LogP contribution in [0.1, 0.15) is 6.92 Å². The van der Waals surface area contributed by atoms with Gasteiger partial charge in [0.25, 0.3) is 0 Å². The van der Waals surface area contributed by atoms with Gasteiger partial charge < -0.3 is 4.90 Å². The van der Waals surface area contributed by atoms with E-state index < -0.39 is 17.9 Å². The van der Waals surface area contributed by atoms with E-state index in [9.17, 15) is 14.4 Å². The molecule has 3 amide bonds. The smallest absolute Gasteiger partial charge is 0.320 e. The first-order valence-electron chi connectivity index (χ1n) is 4.27. The SMILES string of the molecule is C=CCN1CC(C(C)=O)C(=O)NC1=O. The molecule has 0 bridgehead atoms. The summed E-state index contributed by atoms with van der Waals surface area (Å²) in [6.45, 7) is 5.31. The minimum absolute atomic E-state index is 0.145. The standard InChI is InChI=1S/C9H12N2O3/c1-3-4-11-5-7(6(2)12)8(13)10-9(11)14/h3,7H,1,4-5H2,2H3,(H,10,13,14). The molecule has 0 spiro atoms. The summed E-state index contributed by atoms with van der Waals surface area (Å²) in [4.78, 5) is 34.8. The summed E-state index contributed by atoms with van der Waals surface area (Å²) >= 11 is 0. The third-order valence-corrected chi connectivity index (χ3v) is 2.08. The quantitative estimate of drug-likeness (QED) is 0.507. The Morgan fingerprint density at radius 3 is 2.86 bits per heavy atom. The molecule has 0 aromatic heterocycles. The van der Waals surface area contributed by atoms with E-state index in [2.05, 4.69) is 11.9 Å². The second-order valence-electron chi connectivity index (χ2n) is 3.15. The summed E-state index contributed by atoms with van der Waals surface area (Å²) in [5, 5.41) is 2.13. The summed E-state index contributed by atoms with van der Waals surface area (Å²) in [7, 11) is 0. The highest BCUT2D eigenvalue weighted by atomic mass is 16.2. The van der Waals surface area contributed by atoms with Gasteiger partial charge in [-0.25, -0.2) is 4.79 Å². The molecular formula is C9H12N2O3. The van der Waals surface area contributed by atoms with Gasteiger partial charge in [-0.3, -0.25) is 14.9 Å². The van der Waals surface area contributed by atoms with Crippen LogP contribution in [0.25, 0.3) is 0 Å². The summed E-state index contributed by atoms with van der Waals surface area (Å²) in [6, 6.07) is -0.465. The van der Waals surface area contributed by atoms with Crippen molar-refractivity contribution in [3.05, 3.63) is 12.7 Å². The highest BCUT2D eigenvalue weighted by Gasteiger charge is 2.34. The average molecular weight is 196 g/mol. The van der Waals surface area contributed by atoms with Crippen LogP contribution in [0.3, 0.4) is 0 Å². The molecule has 0 aromatic rings. The zero-order chi connectivity index (χ0) is 10.7. The molecule has 1 fully saturated rings. The van der Waals surface area contributed by atoms with Gasteiger partial charge in [-0.15, -0.1) is 6.58 Å². The maximum absolute atomic E-state index is 11.2. The van der Waals surface area contributed by atoms with E-state index in [0.29, 0.717) is 6.54 Å². The molecule has 5 heteroatoms. The number of ketones is 1. The normalized spacial score (nSPS) is 21.8. The van der Waals surface area contributed by atoms with Crippen LogP contribution in [0.5, 0.6) is 0 Å². The predicted octanol–water partition coefficient (Wildman–Crippen LogP) is -0.0706. The van der Waals surface area contributed by atoms with Gasteiger partial charge in [-0.05, 0) is 6.92 Å². The lowest BCUT2D eigenvalue weighted by Crippen LogP contribution is -2.56. The van der Waals surface area contributed by atoms with Gasteiger partial charge in [0.05, 0.1) is 0 Å². The summed E-state index contributed by atoms with van der Waals surface area (Å²) < 4.78 is 0. The molecule has 0 aromatic carbocycles. The Morgan fingerprint density at radius 1 is 1.71 bits per heavy atom. The minimum Gasteiger partial charge on any atom is -0.320 e. The van der Waals surface area contributed by atoms with Crippen LogP contribution < -0.4 is 5.32 Å². The highest BCUT2D eigenvalue weighted by molar-refractivity contribution is 6.08. The number of hydrogen-bond donors (Lipinski definition) is 1. The van der Waals surface area contributed by atoms with E-state index in [1.165, 1.54) is 11.8 Å². The van der Waals surface area contributed by atoms with Crippen LogP contribution in [0.15, 0.2) is 12.7 Å². The lowest BCUT2D eigenvalue weighted by molar-refractivity contribution is -0.134. The van der Waals surface area contributed by atoms with Gasteiger partial charge in [0.1, 0.15) is 11.7 Å². The van der Waals surface area contributed by atoms with Crippen molar-refractivity contribution in [3.8, 4) is 0 Å². The lowest BCUT2D eigenvalue weighted by atomic mass is 10.0. The molecule has 1 atom stereocenters. The van der Waals surface area contributed by atoms with Crippen LogP contribution in [-0.2, 0) is 9.59 Å². The van der Waals surface area contributed by atoms with Crippen molar-refractivity contribution in [2.24, 2.45) is 5.92 Å². The van der Waals surface area contributed by atoms with Crippen molar-refractivity contribution in [3.63, 3.8) is 0 Å². The van der Waals surface area contributed by atoms with Crippen molar-refractivity contribution in [2.45, 2.75) is 6.92 Å². The van der Waals surface area contributed by atoms with Crippen LogP contribution in [-0.4, -0.2) is 35.7 Å². The second kappa shape index (κ2) is 4.04. The van der Waals surface area contributed by atoms with Crippen molar-refractivity contribution in [2.75, 3.05) is 13.1 Å². The van der Waals surface area contributed by atoms with E-state index in [1.807, 2.05) is 0 Å². The molecule has 76 valence electrons. The average Bonchev–Trinajstić information content (AvgIpc) is 2.09. The van der Waals surface area contributed by atoms with Crippen LogP contribution in [0, 0.1) is 5.92 Å². The fourth-order valence-electron chi connectivity index (χ4n) is 1.28. The van der Waals surface area contributed by atoms with Crippen LogP contribution in [0.4, 0.5) is 4.79 Å². The van der Waals surface area contributed by atoms with E-state index in [4.69, 9.17) is 0 Å². The molecule has 1 aliphatic heterocycles. The second-order valence-corrected chi connectivity index (χ2v) is 3.15. The Morgan fingerprint density at radius 2 is 2.36 bits per heavy atom. The van der Waals surface area contributed by atoms with Crippen molar-refractivity contribution in [1.82, 2.24) is 10.2 Å². The zero-order valence-electron chi connectivity index (χ0n) is 7.95. The Hall–Kier alpha value is -1.65. The van der Waals surface area contributed by atoms with E-state index in [-0.39, 0.29) is 12.3 Å². The van der Waals surface area contributed by atoms with E-state index in [0.717, 1.165) is 0 Å². The topological polar surface area (TPSA) is 66.5 Å². The fourth-order valence-corrected chi connectivity index (χ4v) is 1.28. The van der Waals surface area contributed by atoms with Gasteiger partial charge in [-0.2, -0.15) is 0 Å². The highest BCUT2D eigenvalue weighted by Crippen LogP contribution is 2.08. The molecule has 1 N–H and O–H groups in total. The fraction of sp³-hybridized carbons (Fsp3) is 0.444.